The first kappa shape index (κ1) is 27.9. The quantitative estimate of drug-likeness (QED) is 0.230. The number of esters is 2. The number of aromatic hydroxyl groups is 1. The highest BCUT2D eigenvalue weighted by Gasteiger charge is 2.23. The number of phenols is 1. The van der Waals surface area contributed by atoms with Gasteiger partial charge in [-0.1, -0.05) is 54.6 Å². The zero-order valence-electron chi connectivity index (χ0n) is 20.7. The van der Waals surface area contributed by atoms with E-state index in [1.54, 1.807) is 36.4 Å². The summed E-state index contributed by atoms with van der Waals surface area (Å²) < 4.78 is 10.6. The van der Waals surface area contributed by atoms with Crippen LogP contribution in [0.15, 0.2) is 78.9 Å². The second kappa shape index (κ2) is 14.2. The normalized spacial score (nSPS) is 11.3. The van der Waals surface area contributed by atoms with Gasteiger partial charge in [0.15, 0.2) is 0 Å². The molecule has 0 spiro atoms. The topological polar surface area (TPSA) is 139 Å². The fourth-order valence-electron chi connectivity index (χ4n) is 3.53. The third-order valence-electron chi connectivity index (χ3n) is 5.56. The van der Waals surface area contributed by atoms with Crippen LogP contribution >= 0.6 is 0 Å². The Labute approximate surface area is 220 Å². The van der Waals surface area contributed by atoms with Crippen molar-refractivity contribution in [3.05, 3.63) is 95.6 Å². The first-order valence-electron chi connectivity index (χ1n) is 12.1. The lowest BCUT2D eigenvalue weighted by atomic mass is 10.0. The Hall–Kier alpha value is -4.66. The minimum Gasteiger partial charge on any atom is -0.508 e. The van der Waals surface area contributed by atoms with E-state index in [0.29, 0.717) is 12.0 Å². The van der Waals surface area contributed by atoms with Crippen molar-refractivity contribution in [2.75, 3.05) is 0 Å². The van der Waals surface area contributed by atoms with Crippen LogP contribution in [0, 0.1) is 0 Å². The van der Waals surface area contributed by atoms with Gasteiger partial charge in [-0.25, -0.2) is 4.79 Å². The Morgan fingerprint density at radius 1 is 0.763 bits per heavy atom. The van der Waals surface area contributed by atoms with Gasteiger partial charge >= 0.3 is 17.9 Å². The summed E-state index contributed by atoms with van der Waals surface area (Å²) >= 11 is 0. The highest BCUT2D eigenvalue weighted by Crippen LogP contribution is 2.16. The van der Waals surface area contributed by atoms with Gasteiger partial charge in [-0.05, 0) is 47.4 Å². The second-order valence-corrected chi connectivity index (χ2v) is 8.60. The number of phenolic OH excluding ortho intramolecular Hbond substituents is 1. The van der Waals surface area contributed by atoms with Gasteiger partial charge in [-0.3, -0.25) is 14.4 Å². The van der Waals surface area contributed by atoms with Gasteiger partial charge in [0, 0.05) is 12.8 Å². The molecule has 1 atom stereocenters. The minimum absolute atomic E-state index is 0.0603. The van der Waals surface area contributed by atoms with Crippen LogP contribution in [0.2, 0.25) is 0 Å². The molecular weight excluding hydrogens is 490 g/mol. The molecule has 0 heterocycles. The summed E-state index contributed by atoms with van der Waals surface area (Å²) in [6, 6.07) is 21.2. The van der Waals surface area contributed by atoms with Crippen LogP contribution in [0.4, 0.5) is 0 Å². The zero-order valence-corrected chi connectivity index (χ0v) is 20.7. The van der Waals surface area contributed by atoms with Crippen LogP contribution in [0.3, 0.4) is 0 Å². The van der Waals surface area contributed by atoms with Crippen LogP contribution in [0.25, 0.3) is 0 Å². The predicted octanol–water partition coefficient (Wildman–Crippen LogP) is 3.57. The number of hydrogen-bond acceptors (Lipinski definition) is 7. The van der Waals surface area contributed by atoms with Gasteiger partial charge in [0.2, 0.25) is 5.91 Å². The van der Waals surface area contributed by atoms with Crippen molar-refractivity contribution in [2.45, 2.75) is 44.8 Å². The van der Waals surface area contributed by atoms with Gasteiger partial charge in [-0.15, -0.1) is 0 Å². The number of aliphatic carboxylic acids is 1. The van der Waals surface area contributed by atoms with Crippen LogP contribution < -0.4 is 10.1 Å². The molecule has 3 N–H and O–H groups in total. The monoisotopic (exact) mass is 519 g/mol. The molecule has 9 heteroatoms. The third-order valence-corrected chi connectivity index (χ3v) is 5.56. The number of aryl methyl sites for hydroxylation is 1. The van der Waals surface area contributed by atoms with Gasteiger partial charge in [0.05, 0.1) is 12.8 Å². The number of carbonyl (C=O) groups excluding carboxylic acids is 3. The van der Waals surface area contributed by atoms with Crippen molar-refractivity contribution >= 4 is 23.8 Å². The molecule has 3 aromatic carbocycles. The van der Waals surface area contributed by atoms with Crippen molar-refractivity contribution < 1.29 is 38.9 Å². The Balaban J connectivity index is 1.62. The largest absolute Gasteiger partial charge is 0.508 e. The molecule has 3 aromatic rings. The van der Waals surface area contributed by atoms with Crippen LogP contribution in [-0.4, -0.2) is 40.1 Å². The Morgan fingerprint density at radius 2 is 1.42 bits per heavy atom. The highest BCUT2D eigenvalue weighted by molar-refractivity contribution is 5.85. The first-order chi connectivity index (χ1) is 18.3. The lowest BCUT2D eigenvalue weighted by Gasteiger charge is -2.18. The van der Waals surface area contributed by atoms with E-state index in [-0.39, 0.29) is 49.7 Å². The number of carboxylic acid groups (broad SMARTS) is 1. The van der Waals surface area contributed by atoms with Crippen molar-refractivity contribution in [1.82, 2.24) is 5.32 Å². The first-order valence-corrected chi connectivity index (χ1v) is 12.1. The molecule has 198 valence electrons. The fourth-order valence-corrected chi connectivity index (χ4v) is 3.53. The molecule has 9 nitrogen and oxygen atoms in total. The van der Waals surface area contributed by atoms with Gasteiger partial charge in [-0.2, -0.15) is 0 Å². The number of carbonyl (C=O) groups is 4. The molecule has 0 aliphatic rings. The van der Waals surface area contributed by atoms with E-state index in [0.717, 1.165) is 11.1 Å². The average molecular weight is 520 g/mol. The molecule has 0 bridgehead atoms. The number of carboxylic acids is 1. The summed E-state index contributed by atoms with van der Waals surface area (Å²) in [7, 11) is 0. The van der Waals surface area contributed by atoms with E-state index < -0.39 is 23.9 Å². The SMILES string of the molecule is O=C(O)CCC(=O)Oc1ccc(CC(NC(=O)CCc2ccc(O)cc2)C(=O)OCc2ccccc2)cc1. The Kier molecular flexibility index (Phi) is 10.4. The van der Waals surface area contributed by atoms with Gasteiger partial charge in [0.1, 0.15) is 24.1 Å². The molecular formula is C29H29NO8. The second-order valence-electron chi connectivity index (χ2n) is 8.60. The third kappa shape index (κ3) is 9.77. The number of hydrogen-bond donors (Lipinski definition) is 3. The van der Waals surface area contributed by atoms with Crippen molar-refractivity contribution in [3.63, 3.8) is 0 Å². The lowest BCUT2D eigenvalue weighted by Crippen LogP contribution is -2.43. The van der Waals surface area contributed by atoms with E-state index >= 15 is 0 Å². The molecule has 38 heavy (non-hydrogen) atoms. The predicted molar refractivity (Wildman–Crippen MR) is 137 cm³/mol. The summed E-state index contributed by atoms with van der Waals surface area (Å²) in [5.41, 5.74) is 2.37. The van der Waals surface area contributed by atoms with E-state index in [2.05, 4.69) is 5.32 Å². The molecule has 0 fully saturated rings. The summed E-state index contributed by atoms with van der Waals surface area (Å²) in [5.74, 6) is -2.29. The Bertz CT molecular complexity index is 1220. The highest BCUT2D eigenvalue weighted by atomic mass is 16.5. The molecule has 0 aliphatic heterocycles. The van der Waals surface area contributed by atoms with Crippen molar-refractivity contribution in [3.8, 4) is 11.5 Å². The maximum atomic E-state index is 12.9. The molecule has 0 saturated heterocycles. The van der Waals surface area contributed by atoms with Crippen molar-refractivity contribution in [1.29, 1.82) is 0 Å². The number of amides is 1. The van der Waals surface area contributed by atoms with Crippen LogP contribution in [-0.2, 0) is 43.4 Å². The molecule has 0 aliphatic carbocycles. The molecule has 0 radical (unpaired) electrons. The number of ether oxygens (including phenoxy) is 2. The molecule has 3 rings (SSSR count). The summed E-state index contributed by atoms with van der Waals surface area (Å²) in [6.45, 7) is 0.0603. The van der Waals surface area contributed by atoms with E-state index in [4.69, 9.17) is 14.6 Å². The number of nitrogens with one attached hydrogen (secondary N) is 1. The van der Waals surface area contributed by atoms with Gasteiger partial charge < -0.3 is 25.0 Å². The molecule has 1 amide bonds. The van der Waals surface area contributed by atoms with E-state index in [1.807, 2.05) is 30.3 Å². The smallest absolute Gasteiger partial charge is 0.329 e. The summed E-state index contributed by atoms with van der Waals surface area (Å²) in [5, 5.41) is 20.8. The number of benzene rings is 3. The zero-order chi connectivity index (χ0) is 27.3. The lowest BCUT2D eigenvalue weighted by molar-refractivity contribution is -0.149. The minimum atomic E-state index is -1.09. The summed E-state index contributed by atoms with van der Waals surface area (Å²) in [6.07, 6.45) is 0.142. The molecule has 0 saturated carbocycles. The average Bonchev–Trinajstić information content (AvgIpc) is 2.91. The van der Waals surface area contributed by atoms with E-state index in [9.17, 15) is 24.3 Å². The summed E-state index contributed by atoms with van der Waals surface area (Å²) in [4.78, 5) is 48.0. The van der Waals surface area contributed by atoms with Crippen LogP contribution in [0.5, 0.6) is 11.5 Å². The molecule has 0 aromatic heterocycles. The Morgan fingerprint density at radius 3 is 2.08 bits per heavy atom. The number of rotatable bonds is 13. The van der Waals surface area contributed by atoms with Crippen molar-refractivity contribution in [2.24, 2.45) is 0 Å². The molecule has 1 unspecified atom stereocenters. The maximum absolute atomic E-state index is 12.9. The maximum Gasteiger partial charge on any atom is 0.329 e. The van der Waals surface area contributed by atoms with Crippen LogP contribution in [0.1, 0.15) is 36.0 Å². The van der Waals surface area contributed by atoms with E-state index in [1.165, 1.54) is 12.1 Å². The van der Waals surface area contributed by atoms with Gasteiger partial charge in [0.25, 0.3) is 0 Å². The standard InChI is InChI=1S/C29H29NO8/c31-23-11-6-20(7-12-23)10-15-26(32)30-25(29(36)37-19-22-4-2-1-3-5-22)18-21-8-13-24(14-9-21)38-28(35)17-16-27(33)34/h1-9,11-14,25,31H,10,15-19H2,(H,30,32)(H,33,34). The fraction of sp³-hybridized carbons (Fsp3) is 0.241.